The van der Waals surface area contributed by atoms with E-state index in [4.69, 9.17) is 14.2 Å². The van der Waals surface area contributed by atoms with Gasteiger partial charge >= 0.3 is 18.2 Å². The first-order valence-corrected chi connectivity index (χ1v) is 15.6. The molecule has 0 radical (unpaired) electrons. The van der Waals surface area contributed by atoms with Crippen LogP contribution in [0.15, 0.2) is 36.0 Å². The number of rotatable bonds is 6. The number of ether oxygens (including phenoxy) is 3. The largest absolute Gasteiger partial charge is 0.457 e. The molecule has 0 saturated carbocycles. The van der Waals surface area contributed by atoms with Crippen LogP contribution in [-0.4, -0.2) is 120 Å². The molecule has 2 amide bonds. The molecular weight excluding hydrogens is 554 g/mol. The second-order valence-corrected chi connectivity index (χ2v) is 12.4. The van der Waals surface area contributed by atoms with Crippen molar-refractivity contribution in [2.75, 3.05) is 52.9 Å². The lowest BCUT2D eigenvalue weighted by atomic mass is 9.92. The molecule has 2 saturated heterocycles. The number of carbonyl (C=O) groups excluding carboxylic acids is 3. The number of hydrogen-bond acceptors (Lipinski definition) is 9. The van der Waals surface area contributed by atoms with Gasteiger partial charge in [0, 0.05) is 51.1 Å². The van der Waals surface area contributed by atoms with E-state index in [1.165, 1.54) is 4.90 Å². The van der Waals surface area contributed by atoms with Crippen molar-refractivity contribution in [3.05, 3.63) is 36.0 Å². The first kappa shape index (κ1) is 34.6. The van der Waals surface area contributed by atoms with Crippen LogP contribution in [0.25, 0.3) is 0 Å². The van der Waals surface area contributed by atoms with Gasteiger partial charge in [-0.25, -0.2) is 9.59 Å². The molecule has 11 nitrogen and oxygen atoms in total. The number of likely N-dealkylation sites (N-methyl/N-ethyl adjacent to an activating group) is 1. The second-order valence-electron chi connectivity index (χ2n) is 12.4. The third-order valence-corrected chi connectivity index (χ3v) is 8.40. The van der Waals surface area contributed by atoms with Crippen molar-refractivity contribution >= 4 is 18.2 Å². The van der Waals surface area contributed by atoms with Crippen LogP contribution in [0.4, 0.5) is 9.59 Å². The Hall–Kier alpha value is -2.89. The molecule has 3 aliphatic heterocycles. The Bertz CT molecular complexity index is 1020. The van der Waals surface area contributed by atoms with E-state index < -0.39 is 36.5 Å². The molecule has 242 valence electrons. The maximum Gasteiger partial charge on any atom is 0.410 e. The van der Waals surface area contributed by atoms with E-state index in [-0.39, 0.29) is 36.9 Å². The van der Waals surface area contributed by atoms with Gasteiger partial charge in [-0.2, -0.15) is 0 Å². The number of aliphatic hydroxyl groups excluding tert-OH is 2. The van der Waals surface area contributed by atoms with E-state index in [1.807, 2.05) is 65.1 Å². The average molecular weight is 606 g/mol. The SMILES string of the molecule is C/C(=C\C=C\[C@@H](C)COC(=O)N1CC[C@@H](O)C1)[C@H]1OC(=O)C[C@H](O)CC[C@H](C)[C@@H](OC(=O)N2CCN(C)CC2)/C=C\[C@@H]1C. The third-order valence-electron chi connectivity index (χ3n) is 8.40. The molecule has 0 aromatic rings. The van der Waals surface area contributed by atoms with Crippen LogP contribution in [0.3, 0.4) is 0 Å². The van der Waals surface area contributed by atoms with Crippen molar-refractivity contribution in [3.63, 3.8) is 0 Å². The predicted molar refractivity (Wildman–Crippen MR) is 162 cm³/mol. The standard InChI is InChI=1S/C32H51N3O8/c1-22(21-41-31(39)35-14-13-27(37)20-35)7-6-8-24(3)30-25(4)10-12-28(23(2)9-11-26(36)19-29(38)43-30)42-32(40)34-17-15-33(5)16-18-34/h6-8,10,12,22-23,25-28,30,36-37H,9,11,13-21H2,1-5H3/b7-6+,12-10-,24-8+/t22-,23+,25+,26-,27-,28+,30-/m1/s1. The fraction of sp³-hybridized carbons (Fsp3) is 0.719. The highest BCUT2D eigenvalue weighted by Gasteiger charge is 2.29. The molecule has 0 aromatic heterocycles. The Balaban J connectivity index is 1.66. The summed E-state index contributed by atoms with van der Waals surface area (Å²) in [6.45, 7) is 11.6. The van der Waals surface area contributed by atoms with E-state index >= 15 is 0 Å². The molecule has 0 spiro atoms. The van der Waals surface area contributed by atoms with Gasteiger partial charge in [0.1, 0.15) is 12.2 Å². The molecule has 0 aromatic carbocycles. The van der Waals surface area contributed by atoms with Crippen molar-refractivity contribution in [1.29, 1.82) is 0 Å². The highest BCUT2D eigenvalue weighted by atomic mass is 16.6. The predicted octanol–water partition coefficient (Wildman–Crippen LogP) is 3.37. The lowest BCUT2D eigenvalue weighted by Gasteiger charge is -2.33. The minimum atomic E-state index is -0.847. The molecule has 2 N–H and O–H groups in total. The molecule has 11 heteroatoms. The number of β-amino-alcohol motifs (C(OH)–C–C–N with tert-alkyl or cyclic N) is 1. The summed E-state index contributed by atoms with van der Waals surface area (Å²) in [5.74, 6) is -0.789. The summed E-state index contributed by atoms with van der Waals surface area (Å²) in [5.41, 5.74) is 0.808. The highest BCUT2D eigenvalue weighted by Crippen LogP contribution is 2.25. The number of esters is 1. The van der Waals surface area contributed by atoms with Gasteiger partial charge < -0.3 is 39.1 Å². The van der Waals surface area contributed by atoms with E-state index in [2.05, 4.69) is 4.90 Å². The quantitative estimate of drug-likeness (QED) is 0.203. The molecule has 0 unspecified atom stereocenters. The van der Waals surface area contributed by atoms with Gasteiger partial charge in [-0.1, -0.05) is 45.1 Å². The number of likely N-dealkylation sites (tertiary alicyclic amines) is 1. The molecule has 3 aliphatic rings. The number of aliphatic hydroxyl groups is 2. The molecule has 3 rings (SSSR count). The van der Waals surface area contributed by atoms with Crippen LogP contribution in [0.5, 0.6) is 0 Å². The average Bonchev–Trinajstić information content (AvgIpc) is 3.41. The molecule has 0 bridgehead atoms. The van der Waals surface area contributed by atoms with E-state index in [0.29, 0.717) is 45.4 Å². The zero-order chi connectivity index (χ0) is 31.5. The van der Waals surface area contributed by atoms with Gasteiger partial charge in [-0.05, 0) is 50.8 Å². The van der Waals surface area contributed by atoms with Crippen LogP contribution in [0, 0.1) is 17.8 Å². The van der Waals surface area contributed by atoms with Crippen molar-refractivity contribution in [2.24, 2.45) is 17.8 Å². The lowest BCUT2D eigenvalue weighted by Crippen LogP contribution is -2.48. The minimum absolute atomic E-state index is 0.0471. The Kier molecular flexibility index (Phi) is 13.5. The van der Waals surface area contributed by atoms with Crippen molar-refractivity contribution < 1.29 is 38.8 Å². The van der Waals surface area contributed by atoms with Crippen LogP contribution in [0.1, 0.15) is 53.4 Å². The van der Waals surface area contributed by atoms with Crippen LogP contribution in [-0.2, 0) is 19.0 Å². The normalized spacial score (nSPS) is 31.6. The van der Waals surface area contributed by atoms with Crippen molar-refractivity contribution in [1.82, 2.24) is 14.7 Å². The van der Waals surface area contributed by atoms with Crippen molar-refractivity contribution in [3.8, 4) is 0 Å². The second kappa shape index (κ2) is 16.8. The van der Waals surface area contributed by atoms with Gasteiger partial charge in [0.2, 0.25) is 0 Å². The summed E-state index contributed by atoms with van der Waals surface area (Å²) in [7, 11) is 2.03. The monoisotopic (exact) mass is 605 g/mol. The Morgan fingerprint density at radius 3 is 2.42 bits per heavy atom. The van der Waals surface area contributed by atoms with Gasteiger partial charge in [-0.15, -0.1) is 0 Å². The molecule has 3 heterocycles. The van der Waals surface area contributed by atoms with Crippen LogP contribution in [0.2, 0.25) is 0 Å². The highest BCUT2D eigenvalue weighted by molar-refractivity contribution is 5.70. The van der Waals surface area contributed by atoms with Gasteiger partial charge in [0.05, 0.1) is 25.2 Å². The Labute approximate surface area is 256 Å². The van der Waals surface area contributed by atoms with Crippen LogP contribution >= 0.6 is 0 Å². The maximum absolute atomic E-state index is 13.0. The smallest absolute Gasteiger partial charge is 0.410 e. The zero-order valence-electron chi connectivity index (χ0n) is 26.4. The molecule has 2 fully saturated rings. The number of allylic oxidation sites excluding steroid dienone is 2. The number of hydrogen-bond donors (Lipinski definition) is 2. The summed E-state index contributed by atoms with van der Waals surface area (Å²) in [5, 5.41) is 20.1. The van der Waals surface area contributed by atoms with E-state index in [9.17, 15) is 24.6 Å². The van der Waals surface area contributed by atoms with Gasteiger partial charge in [-0.3, -0.25) is 4.79 Å². The summed E-state index contributed by atoms with van der Waals surface area (Å²) >= 11 is 0. The van der Waals surface area contributed by atoms with E-state index in [1.54, 1.807) is 4.90 Å². The van der Waals surface area contributed by atoms with Crippen molar-refractivity contribution in [2.45, 2.75) is 77.8 Å². The summed E-state index contributed by atoms with van der Waals surface area (Å²) < 4.78 is 17.2. The Morgan fingerprint density at radius 2 is 1.74 bits per heavy atom. The van der Waals surface area contributed by atoms with E-state index in [0.717, 1.165) is 18.7 Å². The van der Waals surface area contributed by atoms with Gasteiger partial charge in [0.15, 0.2) is 0 Å². The number of piperazine rings is 1. The summed E-state index contributed by atoms with van der Waals surface area (Å²) in [4.78, 5) is 43.3. The summed E-state index contributed by atoms with van der Waals surface area (Å²) in [6.07, 6.45) is 7.74. The molecule has 0 aliphatic carbocycles. The maximum atomic E-state index is 13.0. The topological polar surface area (TPSA) is 129 Å². The number of cyclic esters (lactones) is 1. The number of nitrogens with zero attached hydrogens (tertiary/aromatic N) is 3. The van der Waals surface area contributed by atoms with Gasteiger partial charge in [0.25, 0.3) is 0 Å². The first-order valence-electron chi connectivity index (χ1n) is 15.6. The fourth-order valence-electron chi connectivity index (χ4n) is 5.38. The van der Waals surface area contributed by atoms with Crippen LogP contribution < -0.4 is 0 Å². The molecule has 7 atom stereocenters. The zero-order valence-corrected chi connectivity index (χ0v) is 26.4. The molecular formula is C32H51N3O8. The number of carbonyl (C=O) groups is 3. The number of amides is 2. The Morgan fingerprint density at radius 1 is 1.02 bits per heavy atom. The minimum Gasteiger partial charge on any atom is -0.457 e. The summed E-state index contributed by atoms with van der Waals surface area (Å²) in [6, 6.07) is 0. The lowest BCUT2D eigenvalue weighted by molar-refractivity contribution is -0.151. The molecule has 43 heavy (non-hydrogen) atoms. The fourth-order valence-corrected chi connectivity index (χ4v) is 5.38. The first-order chi connectivity index (χ1) is 20.4. The third kappa shape index (κ3) is 11.3.